The van der Waals surface area contributed by atoms with Crippen molar-refractivity contribution in [2.45, 2.75) is 20.3 Å². The van der Waals surface area contributed by atoms with Crippen molar-refractivity contribution in [2.75, 3.05) is 0 Å². The van der Waals surface area contributed by atoms with Crippen molar-refractivity contribution in [1.82, 2.24) is 0 Å². The smallest absolute Gasteiger partial charge is 0.308 e. The summed E-state index contributed by atoms with van der Waals surface area (Å²) in [4.78, 5) is 21.5. The van der Waals surface area contributed by atoms with E-state index in [9.17, 15) is 9.59 Å². The number of hydrogen-bond donors (Lipinski definition) is 0. The lowest BCUT2D eigenvalue weighted by atomic mass is 10.1. The van der Waals surface area contributed by atoms with Gasteiger partial charge in [0, 0.05) is 6.92 Å². The van der Waals surface area contributed by atoms with Crippen molar-refractivity contribution >= 4 is 12.3 Å². The van der Waals surface area contributed by atoms with Crippen LogP contribution < -0.4 is 4.74 Å². The molecule has 0 bridgehead atoms. The molecule has 0 saturated carbocycles. The molecule has 1 rings (SSSR count). The van der Waals surface area contributed by atoms with Gasteiger partial charge >= 0.3 is 5.97 Å². The third-order valence-corrected chi connectivity index (χ3v) is 1.88. The van der Waals surface area contributed by atoms with Crippen molar-refractivity contribution in [3.05, 3.63) is 29.3 Å². The first-order chi connectivity index (χ1) is 6.69. The Balaban J connectivity index is 3.18. The zero-order valence-electron chi connectivity index (χ0n) is 8.24. The molecule has 0 heterocycles. The van der Waals surface area contributed by atoms with E-state index in [1.165, 1.54) is 6.92 Å². The summed E-state index contributed by atoms with van der Waals surface area (Å²) < 4.78 is 4.99. The molecule has 3 nitrogen and oxygen atoms in total. The summed E-state index contributed by atoms with van der Waals surface area (Å²) >= 11 is 0. The minimum Gasteiger partial charge on any atom is -0.426 e. The largest absolute Gasteiger partial charge is 0.426 e. The molecule has 0 aliphatic carbocycles. The molecule has 0 atom stereocenters. The first-order valence-corrected chi connectivity index (χ1v) is 4.44. The SMILES string of the molecule is CCc1cccc(C=O)c1OC(C)=O. The van der Waals surface area contributed by atoms with E-state index in [4.69, 9.17) is 4.74 Å². The first kappa shape index (κ1) is 10.4. The third kappa shape index (κ3) is 2.19. The van der Waals surface area contributed by atoms with Crippen molar-refractivity contribution in [1.29, 1.82) is 0 Å². The van der Waals surface area contributed by atoms with Crippen LogP contribution in [-0.2, 0) is 11.2 Å². The van der Waals surface area contributed by atoms with Gasteiger partial charge in [-0.1, -0.05) is 19.1 Å². The Bertz CT molecular complexity index is 356. The molecule has 0 fully saturated rings. The average Bonchev–Trinajstić information content (AvgIpc) is 2.17. The minimum absolute atomic E-state index is 0.387. The Morgan fingerprint density at radius 2 is 2.21 bits per heavy atom. The maximum Gasteiger partial charge on any atom is 0.308 e. The Labute approximate surface area is 82.7 Å². The molecule has 1 aromatic carbocycles. The summed E-state index contributed by atoms with van der Waals surface area (Å²) in [5, 5.41) is 0. The van der Waals surface area contributed by atoms with Crippen LogP contribution in [0.15, 0.2) is 18.2 Å². The van der Waals surface area contributed by atoms with E-state index in [0.717, 1.165) is 12.0 Å². The van der Waals surface area contributed by atoms with Gasteiger partial charge in [-0.2, -0.15) is 0 Å². The van der Waals surface area contributed by atoms with Gasteiger partial charge in [0.15, 0.2) is 6.29 Å². The van der Waals surface area contributed by atoms with Gasteiger partial charge in [-0.25, -0.2) is 0 Å². The molecular weight excluding hydrogens is 180 g/mol. The van der Waals surface area contributed by atoms with Crippen LogP contribution in [0.5, 0.6) is 5.75 Å². The van der Waals surface area contributed by atoms with Gasteiger partial charge in [0.1, 0.15) is 5.75 Å². The predicted octanol–water partition coefficient (Wildman–Crippen LogP) is 1.99. The van der Waals surface area contributed by atoms with Crippen molar-refractivity contribution in [3.8, 4) is 5.75 Å². The van der Waals surface area contributed by atoms with E-state index in [1.54, 1.807) is 12.1 Å². The van der Waals surface area contributed by atoms with E-state index in [0.29, 0.717) is 17.6 Å². The second kappa shape index (κ2) is 4.56. The summed E-state index contributed by atoms with van der Waals surface area (Å²) in [6.45, 7) is 3.26. The summed E-state index contributed by atoms with van der Waals surface area (Å²) in [6.07, 6.45) is 1.42. The molecule has 14 heavy (non-hydrogen) atoms. The average molecular weight is 192 g/mol. The van der Waals surface area contributed by atoms with Crippen LogP contribution in [0.2, 0.25) is 0 Å². The van der Waals surface area contributed by atoms with Crippen LogP contribution in [0.3, 0.4) is 0 Å². The van der Waals surface area contributed by atoms with Crippen LogP contribution in [-0.4, -0.2) is 12.3 Å². The molecule has 0 spiro atoms. The van der Waals surface area contributed by atoms with Gasteiger partial charge < -0.3 is 4.74 Å². The van der Waals surface area contributed by atoms with E-state index in [2.05, 4.69) is 0 Å². The van der Waals surface area contributed by atoms with Gasteiger partial charge in [-0.05, 0) is 18.1 Å². The monoisotopic (exact) mass is 192 g/mol. The van der Waals surface area contributed by atoms with E-state index < -0.39 is 5.97 Å². The summed E-state index contributed by atoms with van der Waals surface area (Å²) in [5.41, 5.74) is 1.28. The quantitative estimate of drug-likeness (QED) is 0.418. The second-order valence-electron chi connectivity index (χ2n) is 2.90. The van der Waals surface area contributed by atoms with Gasteiger partial charge in [0.2, 0.25) is 0 Å². The zero-order chi connectivity index (χ0) is 10.6. The normalized spacial score (nSPS) is 9.57. The lowest BCUT2D eigenvalue weighted by Gasteiger charge is -2.08. The second-order valence-corrected chi connectivity index (χ2v) is 2.90. The van der Waals surface area contributed by atoms with E-state index in [1.807, 2.05) is 13.0 Å². The molecule has 1 aromatic rings. The number of carbonyl (C=O) groups excluding carboxylic acids is 2. The van der Waals surface area contributed by atoms with E-state index >= 15 is 0 Å². The number of benzene rings is 1. The summed E-state index contributed by atoms with van der Waals surface area (Å²) in [5.74, 6) is -0.0218. The van der Waals surface area contributed by atoms with Crippen LogP contribution >= 0.6 is 0 Å². The number of carbonyl (C=O) groups is 2. The Morgan fingerprint density at radius 3 is 2.71 bits per heavy atom. The van der Waals surface area contributed by atoms with Crippen molar-refractivity contribution < 1.29 is 14.3 Å². The maximum absolute atomic E-state index is 10.8. The zero-order valence-corrected chi connectivity index (χ0v) is 8.24. The molecule has 3 heteroatoms. The molecule has 0 unspecified atom stereocenters. The molecule has 0 saturated heterocycles. The third-order valence-electron chi connectivity index (χ3n) is 1.88. The predicted molar refractivity (Wildman–Crippen MR) is 52.5 cm³/mol. The molecule has 0 N–H and O–H groups in total. The first-order valence-electron chi connectivity index (χ1n) is 4.44. The lowest BCUT2D eigenvalue weighted by molar-refractivity contribution is -0.131. The molecule has 0 aromatic heterocycles. The van der Waals surface area contributed by atoms with Gasteiger partial charge in [-0.3, -0.25) is 9.59 Å². The Hall–Kier alpha value is -1.64. The Kier molecular flexibility index (Phi) is 3.40. The fourth-order valence-corrected chi connectivity index (χ4v) is 1.24. The van der Waals surface area contributed by atoms with Gasteiger partial charge in [-0.15, -0.1) is 0 Å². The maximum atomic E-state index is 10.8. The van der Waals surface area contributed by atoms with Crippen molar-refractivity contribution in [2.24, 2.45) is 0 Å². The molecule has 0 aliphatic heterocycles. The molecular formula is C11H12O3. The standard InChI is InChI=1S/C11H12O3/c1-3-9-5-4-6-10(7-12)11(9)14-8(2)13/h4-7H,3H2,1-2H3. The topological polar surface area (TPSA) is 43.4 Å². The number of para-hydroxylation sites is 1. The highest BCUT2D eigenvalue weighted by atomic mass is 16.5. The lowest BCUT2D eigenvalue weighted by Crippen LogP contribution is -2.06. The van der Waals surface area contributed by atoms with Gasteiger partial charge in [0.25, 0.3) is 0 Å². The summed E-state index contributed by atoms with van der Waals surface area (Å²) in [7, 11) is 0. The van der Waals surface area contributed by atoms with Crippen molar-refractivity contribution in [3.63, 3.8) is 0 Å². The summed E-state index contributed by atoms with van der Waals surface area (Å²) in [6, 6.07) is 5.24. The van der Waals surface area contributed by atoms with Crippen LogP contribution in [0.4, 0.5) is 0 Å². The number of aldehydes is 1. The molecule has 0 radical (unpaired) electrons. The van der Waals surface area contributed by atoms with Crippen LogP contribution in [0.25, 0.3) is 0 Å². The number of esters is 1. The highest BCUT2D eigenvalue weighted by Crippen LogP contribution is 2.23. The highest BCUT2D eigenvalue weighted by molar-refractivity contribution is 5.82. The van der Waals surface area contributed by atoms with Gasteiger partial charge in [0.05, 0.1) is 5.56 Å². The molecule has 0 amide bonds. The van der Waals surface area contributed by atoms with Crippen LogP contribution in [0.1, 0.15) is 29.8 Å². The number of rotatable bonds is 3. The molecule has 0 aliphatic rings. The minimum atomic E-state index is -0.408. The molecule has 74 valence electrons. The fraction of sp³-hybridized carbons (Fsp3) is 0.273. The Morgan fingerprint density at radius 1 is 1.50 bits per heavy atom. The highest BCUT2D eigenvalue weighted by Gasteiger charge is 2.09. The fourth-order valence-electron chi connectivity index (χ4n) is 1.24. The number of hydrogen-bond acceptors (Lipinski definition) is 3. The number of ether oxygens (including phenoxy) is 1. The van der Waals surface area contributed by atoms with Crippen LogP contribution in [0, 0.1) is 0 Å². The van der Waals surface area contributed by atoms with E-state index in [-0.39, 0.29) is 0 Å². The number of aryl methyl sites for hydroxylation is 1.